The highest BCUT2D eigenvalue weighted by Crippen LogP contribution is 2.36. The number of nitrogens with zero attached hydrogens (tertiary/aromatic N) is 3. The number of nitro groups is 1. The molecule has 0 aliphatic heterocycles. The van der Waals surface area contributed by atoms with E-state index in [1.807, 2.05) is 6.07 Å². The van der Waals surface area contributed by atoms with Gasteiger partial charge in [0.15, 0.2) is 5.69 Å². The highest BCUT2D eigenvalue weighted by atomic mass is 35.5. The smallest absolute Gasteiger partial charge is 0.298 e. The van der Waals surface area contributed by atoms with E-state index in [2.05, 4.69) is 31.0 Å². The van der Waals surface area contributed by atoms with Crippen LogP contribution in [0.25, 0.3) is 0 Å². The van der Waals surface area contributed by atoms with Crippen molar-refractivity contribution in [3.05, 3.63) is 57.1 Å². The van der Waals surface area contributed by atoms with Crippen LogP contribution in [0.15, 0.2) is 46.6 Å². The van der Waals surface area contributed by atoms with Gasteiger partial charge >= 0.3 is 0 Å². The van der Waals surface area contributed by atoms with Gasteiger partial charge in [-0.1, -0.05) is 38.4 Å². The Bertz CT molecular complexity index is 804. The Labute approximate surface area is 145 Å². The molecule has 0 aliphatic rings. The SMILES string of the molecule is CCC(C)(C)c1ccc(O)c(N=Nc2ccc(Cl)cc2[N+](=O)[O-])c1. The van der Waals surface area contributed by atoms with Crippen LogP contribution in [0.1, 0.15) is 32.8 Å². The highest BCUT2D eigenvalue weighted by Gasteiger charge is 2.19. The van der Waals surface area contributed by atoms with Crippen LogP contribution in [0.4, 0.5) is 17.1 Å². The fourth-order valence-corrected chi connectivity index (χ4v) is 2.23. The van der Waals surface area contributed by atoms with E-state index in [1.165, 1.54) is 18.2 Å². The van der Waals surface area contributed by atoms with Crippen LogP contribution in [0.5, 0.6) is 5.75 Å². The molecule has 0 bridgehead atoms. The van der Waals surface area contributed by atoms with Gasteiger partial charge in [0.05, 0.1) is 4.92 Å². The third-order valence-corrected chi connectivity index (χ3v) is 4.28. The molecule has 0 aliphatic carbocycles. The molecule has 7 heteroatoms. The van der Waals surface area contributed by atoms with Crippen LogP contribution in [0.2, 0.25) is 5.02 Å². The number of rotatable bonds is 5. The molecule has 2 aromatic carbocycles. The minimum absolute atomic E-state index is 0.0361. The van der Waals surface area contributed by atoms with Gasteiger partial charge in [0.25, 0.3) is 5.69 Å². The van der Waals surface area contributed by atoms with Gasteiger partial charge in [-0.15, -0.1) is 10.2 Å². The van der Waals surface area contributed by atoms with Crippen LogP contribution in [-0.2, 0) is 5.41 Å². The number of phenolic OH excluding ortho intramolecular Hbond substituents is 1. The first kappa shape index (κ1) is 17.9. The molecule has 0 atom stereocenters. The van der Waals surface area contributed by atoms with Crippen LogP contribution in [0.3, 0.4) is 0 Å². The van der Waals surface area contributed by atoms with Crippen molar-refractivity contribution in [1.29, 1.82) is 0 Å². The molecule has 2 aromatic rings. The second-order valence-corrected chi connectivity index (χ2v) is 6.47. The summed E-state index contributed by atoms with van der Waals surface area (Å²) in [6.07, 6.45) is 0.914. The van der Waals surface area contributed by atoms with Crippen LogP contribution in [-0.4, -0.2) is 10.0 Å². The molecular formula is C17H18ClN3O3. The number of phenols is 1. The quantitative estimate of drug-likeness (QED) is 0.405. The normalized spacial score (nSPS) is 11.8. The van der Waals surface area contributed by atoms with Gasteiger partial charge in [-0.05, 0) is 41.7 Å². The fraction of sp³-hybridized carbons (Fsp3) is 0.294. The number of halogens is 1. The molecule has 0 saturated heterocycles. The number of hydrogen-bond donors (Lipinski definition) is 1. The van der Waals surface area contributed by atoms with Crippen molar-refractivity contribution in [2.45, 2.75) is 32.6 Å². The van der Waals surface area contributed by atoms with E-state index in [4.69, 9.17) is 11.6 Å². The Balaban J connectivity index is 2.43. The predicted molar refractivity (Wildman–Crippen MR) is 93.7 cm³/mol. The van der Waals surface area contributed by atoms with Gasteiger partial charge < -0.3 is 5.11 Å². The fourth-order valence-electron chi connectivity index (χ4n) is 2.06. The summed E-state index contributed by atoms with van der Waals surface area (Å²) in [6, 6.07) is 9.26. The number of aromatic hydroxyl groups is 1. The molecule has 24 heavy (non-hydrogen) atoms. The Morgan fingerprint density at radius 2 is 1.83 bits per heavy atom. The maximum atomic E-state index is 11.1. The Morgan fingerprint density at radius 1 is 1.17 bits per heavy atom. The van der Waals surface area contributed by atoms with Crippen molar-refractivity contribution in [2.24, 2.45) is 10.2 Å². The van der Waals surface area contributed by atoms with Crippen LogP contribution >= 0.6 is 11.6 Å². The van der Waals surface area contributed by atoms with E-state index in [-0.39, 0.29) is 33.2 Å². The van der Waals surface area contributed by atoms with Gasteiger partial charge in [-0.3, -0.25) is 10.1 Å². The first-order chi connectivity index (χ1) is 11.2. The first-order valence-corrected chi connectivity index (χ1v) is 7.81. The lowest BCUT2D eigenvalue weighted by Crippen LogP contribution is -2.14. The van der Waals surface area contributed by atoms with Crippen LogP contribution < -0.4 is 0 Å². The molecule has 0 spiro atoms. The molecule has 0 amide bonds. The Morgan fingerprint density at radius 3 is 2.46 bits per heavy atom. The van der Waals surface area contributed by atoms with E-state index in [0.717, 1.165) is 12.0 Å². The molecule has 0 aromatic heterocycles. The summed E-state index contributed by atoms with van der Waals surface area (Å²) in [7, 11) is 0. The molecule has 0 saturated carbocycles. The third kappa shape index (κ3) is 3.89. The topological polar surface area (TPSA) is 88.1 Å². The van der Waals surface area contributed by atoms with Crippen LogP contribution in [0, 0.1) is 10.1 Å². The van der Waals surface area contributed by atoms with Gasteiger partial charge in [0, 0.05) is 11.1 Å². The molecule has 2 rings (SSSR count). The predicted octanol–water partition coefficient (Wildman–Crippen LogP) is 6.06. The van der Waals surface area contributed by atoms with E-state index in [1.54, 1.807) is 12.1 Å². The second kappa shape index (κ2) is 6.97. The molecule has 6 nitrogen and oxygen atoms in total. The molecule has 0 heterocycles. The lowest BCUT2D eigenvalue weighted by molar-refractivity contribution is -0.384. The summed E-state index contributed by atoms with van der Waals surface area (Å²) in [5.41, 5.74) is 1.02. The van der Waals surface area contributed by atoms with Gasteiger partial charge in [-0.25, -0.2) is 0 Å². The van der Waals surface area contributed by atoms with Crippen molar-refractivity contribution in [2.75, 3.05) is 0 Å². The number of nitro benzene ring substituents is 1. The zero-order valence-electron chi connectivity index (χ0n) is 13.7. The molecular weight excluding hydrogens is 330 g/mol. The molecule has 1 N–H and O–H groups in total. The molecule has 126 valence electrons. The third-order valence-electron chi connectivity index (χ3n) is 4.04. The van der Waals surface area contributed by atoms with Crippen molar-refractivity contribution >= 4 is 28.7 Å². The standard InChI is InChI=1S/C17H18ClN3O3/c1-4-17(2,3)11-5-8-16(22)14(9-11)20-19-13-7-6-12(18)10-15(13)21(23)24/h5-10,22H,4H2,1-3H3. The second-order valence-electron chi connectivity index (χ2n) is 6.03. The average molecular weight is 348 g/mol. The molecule has 0 unspecified atom stereocenters. The number of hydrogen-bond acceptors (Lipinski definition) is 5. The first-order valence-electron chi connectivity index (χ1n) is 7.44. The average Bonchev–Trinajstić information content (AvgIpc) is 2.54. The monoisotopic (exact) mass is 347 g/mol. The zero-order chi connectivity index (χ0) is 17.9. The van der Waals surface area contributed by atoms with E-state index < -0.39 is 4.92 Å². The minimum Gasteiger partial charge on any atom is -0.506 e. The van der Waals surface area contributed by atoms with Crippen molar-refractivity contribution < 1.29 is 10.0 Å². The highest BCUT2D eigenvalue weighted by molar-refractivity contribution is 6.30. The Kier molecular flexibility index (Phi) is 5.19. The number of azo groups is 1. The van der Waals surface area contributed by atoms with Crippen molar-refractivity contribution in [3.8, 4) is 5.75 Å². The van der Waals surface area contributed by atoms with Gasteiger partial charge in [-0.2, -0.15) is 0 Å². The van der Waals surface area contributed by atoms with E-state index in [0.29, 0.717) is 0 Å². The summed E-state index contributed by atoms with van der Waals surface area (Å²) >= 11 is 5.77. The molecule has 0 radical (unpaired) electrons. The number of benzene rings is 2. The van der Waals surface area contributed by atoms with Crippen molar-refractivity contribution in [3.63, 3.8) is 0 Å². The van der Waals surface area contributed by atoms with E-state index >= 15 is 0 Å². The van der Waals surface area contributed by atoms with E-state index in [9.17, 15) is 15.2 Å². The summed E-state index contributed by atoms with van der Waals surface area (Å²) in [5, 5.41) is 29.2. The minimum atomic E-state index is -0.573. The largest absolute Gasteiger partial charge is 0.506 e. The van der Waals surface area contributed by atoms with Gasteiger partial charge in [0.1, 0.15) is 11.4 Å². The lowest BCUT2D eigenvalue weighted by Gasteiger charge is -2.23. The van der Waals surface area contributed by atoms with Crippen molar-refractivity contribution in [1.82, 2.24) is 0 Å². The molecule has 0 fully saturated rings. The summed E-state index contributed by atoms with van der Waals surface area (Å²) in [6.45, 7) is 6.25. The summed E-state index contributed by atoms with van der Waals surface area (Å²) in [4.78, 5) is 10.5. The summed E-state index contributed by atoms with van der Waals surface area (Å²) < 4.78 is 0. The Hall–Kier alpha value is -2.47. The zero-order valence-corrected chi connectivity index (χ0v) is 14.4. The summed E-state index contributed by atoms with van der Waals surface area (Å²) in [5.74, 6) is -0.0361. The lowest BCUT2D eigenvalue weighted by atomic mass is 9.82. The van der Waals surface area contributed by atoms with Gasteiger partial charge in [0.2, 0.25) is 0 Å². The maximum absolute atomic E-state index is 11.1. The maximum Gasteiger partial charge on any atom is 0.298 e.